The summed E-state index contributed by atoms with van der Waals surface area (Å²) in [5.41, 5.74) is 2.90. The summed E-state index contributed by atoms with van der Waals surface area (Å²) in [4.78, 5) is 23.8. The average Bonchev–Trinajstić information content (AvgIpc) is 2.29. The Balaban J connectivity index is 2.42. The Labute approximate surface area is 100 Å². The van der Waals surface area contributed by atoms with Crippen molar-refractivity contribution in [2.75, 3.05) is 6.54 Å². The van der Waals surface area contributed by atoms with Gasteiger partial charge in [-0.15, -0.1) is 0 Å². The Kier molecular flexibility index (Phi) is 3.01. The van der Waals surface area contributed by atoms with Crippen molar-refractivity contribution in [2.24, 2.45) is 0 Å². The Hall–Kier alpha value is -2.02. The summed E-state index contributed by atoms with van der Waals surface area (Å²) in [5.74, 6) is 0.292. The maximum atomic E-state index is 11.7. The van der Waals surface area contributed by atoms with E-state index in [0.717, 1.165) is 17.1 Å². The van der Waals surface area contributed by atoms with Gasteiger partial charge in [0.05, 0.1) is 29.1 Å². The van der Waals surface area contributed by atoms with Crippen LogP contribution in [0, 0.1) is 6.57 Å². The third-order valence-electron chi connectivity index (χ3n) is 2.73. The molecule has 1 aliphatic carbocycles. The van der Waals surface area contributed by atoms with E-state index in [9.17, 15) is 4.79 Å². The number of ketones is 1. The predicted octanol–water partition coefficient (Wildman–Crippen LogP) is 2.03. The largest absolute Gasteiger partial charge is 0.312 e. The maximum absolute atomic E-state index is 11.7. The highest BCUT2D eigenvalue weighted by molar-refractivity contribution is 6.03. The summed E-state index contributed by atoms with van der Waals surface area (Å²) in [6, 6.07) is 0. The first kappa shape index (κ1) is 11.5. The first-order valence-corrected chi connectivity index (χ1v) is 5.54. The minimum absolute atomic E-state index is 0.0105. The lowest BCUT2D eigenvalue weighted by molar-refractivity contribution is -0.115. The van der Waals surface area contributed by atoms with Crippen LogP contribution in [-0.4, -0.2) is 22.3 Å². The molecule has 0 aliphatic heterocycles. The Morgan fingerprint density at radius 2 is 2.29 bits per heavy atom. The summed E-state index contributed by atoms with van der Waals surface area (Å²) < 4.78 is 0. The third kappa shape index (κ3) is 2.23. The van der Waals surface area contributed by atoms with Gasteiger partial charge in [-0.05, 0) is 12.0 Å². The van der Waals surface area contributed by atoms with Gasteiger partial charge in [0.25, 0.3) is 0 Å². The second-order valence-corrected chi connectivity index (χ2v) is 4.37. The lowest BCUT2D eigenvalue weighted by Gasteiger charge is -2.13. The molecule has 1 heterocycles. The molecule has 0 amide bonds. The van der Waals surface area contributed by atoms with E-state index in [1.807, 2.05) is 13.8 Å². The minimum atomic E-state index is -0.0105. The van der Waals surface area contributed by atoms with E-state index in [1.165, 1.54) is 0 Å². The fourth-order valence-corrected chi connectivity index (χ4v) is 1.71. The molecule has 0 aromatic carbocycles. The molecule has 0 radical (unpaired) electrons. The fraction of sp³-hybridized carbons (Fsp3) is 0.385. The van der Waals surface area contributed by atoms with E-state index in [4.69, 9.17) is 6.57 Å². The molecule has 0 unspecified atom stereocenters. The zero-order chi connectivity index (χ0) is 12.4. The van der Waals surface area contributed by atoms with Crippen molar-refractivity contribution in [3.8, 4) is 0 Å². The molecule has 2 rings (SSSR count). The molecular weight excluding hydrogens is 214 g/mol. The van der Waals surface area contributed by atoms with Gasteiger partial charge < -0.3 is 4.85 Å². The first-order chi connectivity index (χ1) is 8.11. The molecule has 17 heavy (non-hydrogen) atoms. The zero-order valence-electron chi connectivity index (χ0n) is 9.90. The average molecular weight is 227 g/mol. The number of fused-ring (bicyclic) bond motifs is 1. The van der Waals surface area contributed by atoms with E-state index in [2.05, 4.69) is 14.8 Å². The molecule has 0 saturated heterocycles. The van der Waals surface area contributed by atoms with Gasteiger partial charge in [-0.2, -0.15) is 0 Å². The number of aromatic nitrogens is 2. The molecule has 1 aliphatic rings. The maximum Gasteiger partial charge on any atom is 0.243 e. The van der Waals surface area contributed by atoms with Crippen LogP contribution in [0.3, 0.4) is 0 Å². The number of Topliss-reactive ketones (excluding diaryl/α,β-unsaturated/α-hetero) is 1. The van der Waals surface area contributed by atoms with E-state index in [1.54, 1.807) is 12.3 Å². The van der Waals surface area contributed by atoms with Gasteiger partial charge in [0, 0.05) is 6.20 Å². The topological polar surface area (TPSA) is 47.2 Å². The van der Waals surface area contributed by atoms with Crippen molar-refractivity contribution >= 4 is 11.9 Å². The standard InChI is InChI=1S/C13H13N3O/c1-8(2)12-7-15-10-4-9(6-14-3)13(17)5-11(10)16-12/h4,7-8H,5-6H2,1-2H3. The van der Waals surface area contributed by atoms with Crippen LogP contribution in [-0.2, 0) is 11.2 Å². The van der Waals surface area contributed by atoms with Crippen LogP contribution in [0.5, 0.6) is 0 Å². The van der Waals surface area contributed by atoms with E-state index in [-0.39, 0.29) is 18.7 Å². The summed E-state index contributed by atoms with van der Waals surface area (Å²) in [5, 5.41) is 0. The lowest BCUT2D eigenvalue weighted by Crippen LogP contribution is -2.17. The summed E-state index contributed by atoms with van der Waals surface area (Å²) >= 11 is 0. The first-order valence-electron chi connectivity index (χ1n) is 5.54. The number of rotatable bonds is 2. The number of carbonyl (C=O) groups is 1. The molecule has 0 spiro atoms. The van der Waals surface area contributed by atoms with Gasteiger partial charge in [0.2, 0.25) is 6.54 Å². The molecule has 1 aromatic heterocycles. The van der Waals surface area contributed by atoms with E-state index >= 15 is 0 Å². The van der Waals surface area contributed by atoms with Gasteiger partial charge in [0.15, 0.2) is 5.78 Å². The van der Waals surface area contributed by atoms with Gasteiger partial charge in [0.1, 0.15) is 0 Å². The van der Waals surface area contributed by atoms with Gasteiger partial charge in [-0.3, -0.25) is 14.8 Å². The Morgan fingerprint density at radius 3 is 2.94 bits per heavy atom. The fourth-order valence-electron chi connectivity index (χ4n) is 1.71. The van der Waals surface area contributed by atoms with Crippen molar-refractivity contribution in [2.45, 2.75) is 26.2 Å². The van der Waals surface area contributed by atoms with Crippen LogP contribution >= 0.6 is 0 Å². The summed E-state index contributed by atoms with van der Waals surface area (Å²) in [6.07, 6.45) is 3.70. The zero-order valence-corrected chi connectivity index (χ0v) is 9.90. The van der Waals surface area contributed by atoms with Gasteiger partial charge in [-0.1, -0.05) is 13.8 Å². The normalized spacial score (nSPS) is 14.2. The minimum Gasteiger partial charge on any atom is -0.312 e. The quantitative estimate of drug-likeness (QED) is 0.726. The Morgan fingerprint density at radius 1 is 1.53 bits per heavy atom. The van der Waals surface area contributed by atoms with Crippen molar-refractivity contribution in [1.82, 2.24) is 9.97 Å². The highest BCUT2D eigenvalue weighted by Crippen LogP contribution is 2.21. The van der Waals surface area contributed by atoms with E-state index in [0.29, 0.717) is 11.5 Å². The molecule has 1 aromatic rings. The molecule has 0 fully saturated rings. The van der Waals surface area contributed by atoms with Crippen molar-refractivity contribution in [1.29, 1.82) is 0 Å². The third-order valence-corrected chi connectivity index (χ3v) is 2.73. The number of carbonyl (C=O) groups excluding carboxylic acids is 1. The molecule has 0 atom stereocenters. The molecule has 4 heteroatoms. The molecule has 0 bridgehead atoms. The molecule has 86 valence electrons. The van der Waals surface area contributed by atoms with Crippen LogP contribution in [0.2, 0.25) is 0 Å². The predicted molar refractivity (Wildman–Crippen MR) is 64.3 cm³/mol. The molecule has 0 N–H and O–H groups in total. The second kappa shape index (κ2) is 4.46. The lowest BCUT2D eigenvalue weighted by atomic mass is 9.97. The summed E-state index contributed by atoms with van der Waals surface area (Å²) in [7, 11) is 0. The Bertz CT molecular complexity index is 538. The molecule has 0 saturated carbocycles. The molecule has 4 nitrogen and oxygen atoms in total. The van der Waals surface area contributed by atoms with Crippen molar-refractivity contribution in [3.05, 3.63) is 40.3 Å². The number of nitrogens with zero attached hydrogens (tertiary/aromatic N) is 3. The highest BCUT2D eigenvalue weighted by atomic mass is 16.1. The van der Waals surface area contributed by atoms with Crippen molar-refractivity contribution in [3.63, 3.8) is 0 Å². The van der Waals surface area contributed by atoms with Crippen LogP contribution in [0.15, 0.2) is 11.8 Å². The van der Waals surface area contributed by atoms with Crippen LogP contribution in [0.1, 0.15) is 36.8 Å². The SMILES string of the molecule is [C-]#[N+]CC1=Cc2ncc(C(C)C)nc2CC1=O. The van der Waals surface area contributed by atoms with E-state index < -0.39 is 0 Å². The smallest absolute Gasteiger partial charge is 0.243 e. The van der Waals surface area contributed by atoms with Crippen LogP contribution in [0.4, 0.5) is 0 Å². The van der Waals surface area contributed by atoms with Gasteiger partial charge in [-0.25, -0.2) is 6.57 Å². The second-order valence-electron chi connectivity index (χ2n) is 4.37. The van der Waals surface area contributed by atoms with Crippen LogP contribution in [0.25, 0.3) is 10.9 Å². The highest BCUT2D eigenvalue weighted by Gasteiger charge is 2.22. The number of hydrogen-bond acceptors (Lipinski definition) is 3. The van der Waals surface area contributed by atoms with Gasteiger partial charge >= 0.3 is 0 Å². The van der Waals surface area contributed by atoms with Crippen molar-refractivity contribution < 1.29 is 4.79 Å². The summed E-state index contributed by atoms with van der Waals surface area (Å²) in [6.45, 7) is 11.0. The number of hydrogen-bond donors (Lipinski definition) is 0. The monoisotopic (exact) mass is 227 g/mol. The van der Waals surface area contributed by atoms with Crippen LogP contribution < -0.4 is 0 Å². The molecular formula is C13H13N3O.